The average Bonchev–Trinajstić information content (AvgIpc) is 3.03. The minimum absolute atomic E-state index is 0.390. The molecule has 0 amide bonds. The van der Waals surface area contributed by atoms with E-state index in [2.05, 4.69) is 62.9 Å². The number of nitrogens with zero attached hydrogens (tertiary/aromatic N) is 4. The third-order valence-corrected chi connectivity index (χ3v) is 6.07. The molecule has 3 rings (SSSR count). The van der Waals surface area contributed by atoms with Crippen molar-refractivity contribution in [3.63, 3.8) is 0 Å². The summed E-state index contributed by atoms with van der Waals surface area (Å²) in [6.45, 7) is 9.76. The fourth-order valence-corrected chi connectivity index (χ4v) is 4.07. The fourth-order valence-electron chi connectivity index (χ4n) is 4.07. The van der Waals surface area contributed by atoms with Crippen LogP contribution in [0, 0.1) is 13.8 Å². The van der Waals surface area contributed by atoms with E-state index in [1.165, 1.54) is 16.8 Å². The predicted octanol–water partition coefficient (Wildman–Crippen LogP) is 2.77. The van der Waals surface area contributed by atoms with Crippen molar-refractivity contribution in [2.45, 2.75) is 52.3 Å². The average molecular weight is 427 g/mol. The predicted molar refractivity (Wildman–Crippen MR) is 126 cm³/mol. The first-order chi connectivity index (χ1) is 15.1. The molecule has 0 spiro atoms. The first kappa shape index (κ1) is 23.3. The third kappa shape index (κ3) is 7.08. The van der Waals surface area contributed by atoms with Gasteiger partial charge in [-0.2, -0.15) is 5.10 Å². The van der Waals surface area contributed by atoms with E-state index in [0.29, 0.717) is 6.10 Å². The number of rotatable bonds is 9. The minimum Gasteiger partial charge on any atom is -0.378 e. The van der Waals surface area contributed by atoms with Gasteiger partial charge in [0.1, 0.15) is 0 Å². The van der Waals surface area contributed by atoms with Gasteiger partial charge >= 0.3 is 0 Å². The number of benzene rings is 1. The number of hydrogen-bond acceptors (Lipinski definition) is 4. The second-order valence-electron chi connectivity index (χ2n) is 8.31. The molecule has 7 heteroatoms. The molecule has 0 unspecified atom stereocenters. The molecule has 1 fully saturated rings. The van der Waals surface area contributed by atoms with E-state index in [1.807, 2.05) is 18.7 Å². The molecule has 1 aliphatic rings. The number of aryl methyl sites for hydroxylation is 2. The zero-order chi connectivity index (χ0) is 22.1. The summed E-state index contributed by atoms with van der Waals surface area (Å²) in [5.74, 6) is 0.817. The summed E-state index contributed by atoms with van der Waals surface area (Å²) in [5, 5.41) is 11.2. The second-order valence-corrected chi connectivity index (χ2v) is 8.31. The van der Waals surface area contributed by atoms with Gasteiger partial charge in [-0.3, -0.25) is 14.6 Å². The maximum Gasteiger partial charge on any atom is 0.191 e. The van der Waals surface area contributed by atoms with Crippen LogP contribution in [0.2, 0.25) is 0 Å². The molecule has 1 saturated heterocycles. The van der Waals surface area contributed by atoms with Gasteiger partial charge in [-0.15, -0.1) is 0 Å². The lowest BCUT2D eigenvalue weighted by Crippen LogP contribution is -2.38. The Morgan fingerprint density at radius 1 is 1.16 bits per heavy atom. The third-order valence-electron chi connectivity index (χ3n) is 6.07. The molecule has 170 valence electrons. The Balaban J connectivity index is 1.27. The van der Waals surface area contributed by atoms with Gasteiger partial charge in [0.2, 0.25) is 0 Å². The van der Waals surface area contributed by atoms with E-state index >= 15 is 0 Å². The topological polar surface area (TPSA) is 66.7 Å². The van der Waals surface area contributed by atoms with Gasteiger partial charge in [0.15, 0.2) is 5.96 Å². The summed E-state index contributed by atoms with van der Waals surface area (Å²) in [6, 6.07) is 10.7. The minimum atomic E-state index is 0.390. The molecule has 0 aliphatic carbocycles. The van der Waals surface area contributed by atoms with Crippen LogP contribution in [0.3, 0.4) is 0 Å². The van der Waals surface area contributed by atoms with Crippen LogP contribution >= 0.6 is 0 Å². The number of hydrogen-bond donors (Lipinski definition) is 2. The van der Waals surface area contributed by atoms with Crippen molar-refractivity contribution in [2.24, 2.45) is 12.0 Å². The molecule has 0 saturated carbocycles. The molecule has 0 bridgehead atoms. The molecular formula is C24H38N6O. The number of aromatic nitrogens is 2. The molecule has 2 N–H and O–H groups in total. The molecule has 2 heterocycles. The van der Waals surface area contributed by atoms with Crippen LogP contribution in [-0.4, -0.2) is 60.0 Å². The highest BCUT2D eigenvalue weighted by molar-refractivity contribution is 5.79. The number of nitrogens with one attached hydrogen (secondary N) is 2. The van der Waals surface area contributed by atoms with Gasteiger partial charge in [0.25, 0.3) is 0 Å². The summed E-state index contributed by atoms with van der Waals surface area (Å²) >= 11 is 0. The van der Waals surface area contributed by atoms with Crippen molar-refractivity contribution < 1.29 is 4.74 Å². The van der Waals surface area contributed by atoms with Crippen LogP contribution in [-0.2, 0) is 24.9 Å². The summed E-state index contributed by atoms with van der Waals surface area (Å²) < 4.78 is 8.05. The SMILES string of the molecule is CN=C(NCCCOC1CCN(Cc2ccccc2)CC1)NCc1c(C)nn(C)c1C. The van der Waals surface area contributed by atoms with Gasteiger partial charge < -0.3 is 15.4 Å². The van der Waals surface area contributed by atoms with Crippen LogP contribution in [0.5, 0.6) is 0 Å². The molecule has 31 heavy (non-hydrogen) atoms. The van der Waals surface area contributed by atoms with Gasteiger partial charge in [-0.25, -0.2) is 0 Å². The fraction of sp³-hybridized carbons (Fsp3) is 0.583. The number of ether oxygens (including phenoxy) is 1. The Bertz CT molecular complexity index is 824. The Kier molecular flexibility index (Phi) is 8.91. The number of piperidine rings is 1. The van der Waals surface area contributed by atoms with E-state index in [-0.39, 0.29) is 0 Å². The van der Waals surface area contributed by atoms with E-state index in [9.17, 15) is 0 Å². The zero-order valence-corrected chi connectivity index (χ0v) is 19.5. The highest BCUT2D eigenvalue weighted by atomic mass is 16.5. The number of aliphatic imine (C=N–C) groups is 1. The monoisotopic (exact) mass is 426 g/mol. The van der Waals surface area contributed by atoms with Crippen molar-refractivity contribution in [3.05, 3.63) is 52.8 Å². The Labute approximate surface area is 186 Å². The second kappa shape index (κ2) is 11.9. The Hall–Kier alpha value is -2.38. The maximum atomic E-state index is 6.12. The summed E-state index contributed by atoms with van der Waals surface area (Å²) in [7, 11) is 3.78. The van der Waals surface area contributed by atoms with Crippen molar-refractivity contribution in [1.82, 2.24) is 25.3 Å². The Morgan fingerprint density at radius 2 is 1.90 bits per heavy atom. The summed E-state index contributed by atoms with van der Waals surface area (Å²) in [4.78, 5) is 6.85. The summed E-state index contributed by atoms with van der Waals surface area (Å²) in [5.41, 5.74) is 4.87. The van der Waals surface area contributed by atoms with Crippen LogP contribution in [0.1, 0.15) is 41.8 Å². The van der Waals surface area contributed by atoms with E-state index < -0.39 is 0 Å². The zero-order valence-electron chi connectivity index (χ0n) is 19.5. The Morgan fingerprint density at radius 3 is 2.55 bits per heavy atom. The highest BCUT2D eigenvalue weighted by Gasteiger charge is 2.19. The molecule has 0 atom stereocenters. The molecular weight excluding hydrogens is 388 g/mol. The molecule has 1 aliphatic heterocycles. The van der Waals surface area contributed by atoms with Crippen molar-refractivity contribution in [2.75, 3.05) is 33.3 Å². The molecule has 0 radical (unpaired) electrons. The smallest absolute Gasteiger partial charge is 0.191 e. The van der Waals surface area contributed by atoms with Crippen molar-refractivity contribution in [3.8, 4) is 0 Å². The van der Waals surface area contributed by atoms with Gasteiger partial charge in [-0.05, 0) is 38.7 Å². The molecule has 2 aromatic rings. The van der Waals surface area contributed by atoms with E-state index in [0.717, 1.165) is 70.2 Å². The number of guanidine groups is 1. The quantitative estimate of drug-likeness (QED) is 0.367. The molecule has 7 nitrogen and oxygen atoms in total. The van der Waals surface area contributed by atoms with Gasteiger partial charge in [0.05, 0.1) is 11.8 Å². The summed E-state index contributed by atoms with van der Waals surface area (Å²) in [6.07, 6.45) is 3.59. The van der Waals surface area contributed by atoms with Crippen LogP contribution in [0.25, 0.3) is 0 Å². The first-order valence-electron chi connectivity index (χ1n) is 11.4. The van der Waals surface area contributed by atoms with Crippen LogP contribution in [0.4, 0.5) is 0 Å². The largest absolute Gasteiger partial charge is 0.378 e. The van der Waals surface area contributed by atoms with Crippen molar-refractivity contribution >= 4 is 5.96 Å². The normalized spacial score (nSPS) is 15.9. The van der Waals surface area contributed by atoms with Crippen LogP contribution < -0.4 is 10.6 Å². The lowest BCUT2D eigenvalue weighted by molar-refractivity contribution is 0.00534. The van der Waals surface area contributed by atoms with E-state index in [4.69, 9.17) is 4.74 Å². The number of likely N-dealkylation sites (tertiary alicyclic amines) is 1. The van der Waals surface area contributed by atoms with Crippen molar-refractivity contribution in [1.29, 1.82) is 0 Å². The first-order valence-corrected chi connectivity index (χ1v) is 11.4. The lowest BCUT2D eigenvalue weighted by atomic mass is 10.1. The molecule has 1 aromatic carbocycles. The lowest BCUT2D eigenvalue weighted by Gasteiger charge is -2.32. The standard InChI is InChI=1S/C24H38N6O/c1-19-23(20(2)29(4)28-19)17-27-24(25-3)26-13-8-16-31-22-11-14-30(15-12-22)18-21-9-6-5-7-10-21/h5-7,9-10,22H,8,11-18H2,1-4H3,(H2,25,26,27). The molecule has 1 aromatic heterocycles. The highest BCUT2D eigenvalue weighted by Crippen LogP contribution is 2.16. The van der Waals surface area contributed by atoms with Gasteiger partial charge in [0, 0.05) is 64.7 Å². The van der Waals surface area contributed by atoms with Gasteiger partial charge in [-0.1, -0.05) is 30.3 Å². The van der Waals surface area contributed by atoms with E-state index in [1.54, 1.807) is 7.05 Å². The maximum absolute atomic E-state index is 6.12. The van der Waals surface area contributed by atoms with Crippen LogP contribution in [0.15, 0.2) is 35.3 Å².